The zero-order valence-corrected chi connectivity index (χ0v) is 11.8. The highest BCUT2D eigenvalue weighted by molar-refractivity contribution is 5.52. The summed E-state index contributed by atoms with van der Waals surface area (Å²) in [5, 5.41) is 0. The van der Waals surface area contributed by atoms with E-state index in [1.807, 2.05) is 25.1 Å². The maximum atomic E-state index is 10.6. The molecule has 2 rings (SSSR count). The maximum absolute atomic E-state index is 10.6. The van der Waals surface area contributed by atoms with Gasteiger partial charge in [-0.3, -0.25) is 4.90 Å². The number of carbonyl (C=O) groups excluding carboxylic acids is 1. The third-order valence-electron chi connectivity index (χ3n) is 3.53. The van der Waals surface area contributed by atoms with Gasteiger partial charge in [0.05, 0.1) is 7.11 Å². The predicted molar refractivity (Wildman–Crippen MR) is 74.0 cm³/mol. The van der Waals surface area contributed by atoms with Gasteiger partial charge in [0, 0.05) is 19.5 Å². The molecule has 0 aliphatic carbocycles. The van der Waals surface area contributed by atoms with Crippen molar-refractivity contribution >= 4 is 6.29 Å². The lowest BCUT2D eigenvalue weighted by Crippen LogP contribution is -2.51. The van der Waals surface area contributed by atoms with Crippen LogP contribution in [0.5, 0.6) is 11.5 Å². The summed E-state index contributed by atoms with van der Waals surface area (Å²) in [7, 11) is 3.71. The molecule has 1 unspecified atom stereocenters. The molecule has 0 N–H and O–H groups in total. The number of nitrogens with zero attached hydrogens (tertiary/aromatic N) is 1. The minimum absolute atomic E-state index is 0.204. The van der Waals surface area contributed by atoms with Gasteiger partial charge in [-0.1, -0.05) is 13.0 Å². The number of carbonyl (C=O) groups is 1. The van der Waals surface area contributed by atoms with Crippen molar-refractivity contribution in [2.24, 2.45) is 0 Å². The summed E-state index contributed by atoms with van der Waals surface area (Å²) in [5.74, 6) is 1.72. The summed E-state index contributed by atoms with van der Waals surface area (Å²) < 4.78 is 11.3. The van der Waals surface area contributed by atoms with E-state index in [9.17, 15) is 4.79 Å². The summed E-state index contributed by atoms with van der Waals surface area (Å²) in [6, 6.07) is 5.91. The highest BCUT2D eigenvalue weighted by Crippen LogP contribution is 2.33. The molecule has 1 aliphatic rings. The second-order valence-electron chi connectivity index (χ2n) is 5.17. The summed E-state index contributed by atoms with van der Waals surface area (Å²) >= 11 is 0. The van der Waals surface area contributed by atoms with Gasteiger partial charge < -0.3 is 14.3 Å². The predicted octanol–water partition coefficient (Wildman–Crippen LogP) is 2.08. The molecule has 0 aromatic heterocycles. The first-order valence-corrected chi connectivity index (χ1v) is 6.60. The number of likely N-dealkylation sites (N-methyl/N-ethyl adjacent to an activating group) is 1. The smallest absolute Gasteiger partial charge is 0.161 e. The molecule has 1 saturated heterocycles. The molecule has 0 radical (unpaired) electrons. The second-order valence-corrected chi connectivity index (χ2v) is 5.17. The lowest BCUT2D eigenvalue weighted by molar-refractivity contribution is -0.108. The second kappa shape index (κ2) is 6.06. The van der Waals surface area contributed by atoms with Gasteiger partial charge in [-0.15, -0.1) is 0 Å². The van der Waals surface area contributed by atoms with Crippen molar-refractivity contribution in [3.05, 3.63) is 23.8 Å². The van der Waals surface area contributed by atoms with Crippen LogP contribution in [0.1, 0.15) is 24.8 Å². The fourth-order valence-corrected chi connectivity index (χ4v) is 2.26. The zero-order chi connectivity index (χ0) is 13.8. The quantitative estimate of drug-likeness (QED) is 0.737. The average Bonchev–Trinajstić information content (AvgIpc) is 2.37. The van der Waals surface area contributed by atoms with Gasteiger partial charge in [0.15, 0.2) is 11.5 Å². The molecule has 4 heteroatoms. The van der Waals surface area contributed by atoms with E-state index in [2.05, 4.69) is 11.9 Å². The van der Waals surface area contributed by atoms with Crippen molar-refractivity contribution in [1.82, 2.24) is 4.90 Å². The Morgan fingerprint density at radius 1 is 1.42 bits per heavy atom. The normalized spacial score (nSPS) is 17.6. The fraction of sp³-hybridized carbons (Fsp3) is 0.533. The molecule has 4 nitrogen and oxygen atoms in total. The molecule has 1 aromatic carbocycles. The van der Waals surface area contributed by atoms with Gasteiger partial charge in [0.25, 0.3) is 0 Å². The molecule has 0 bridgehead atoms. The SMILES string of the molecule is COc1cc(C(C)CC=O)ccc1OC1CN(C)C1. The Hall–Kier alpha value is -1.55. The van der Waals surface area contributed by atoms with Crippen LogP contribution in [0.2, 0.25) is 0 Å². The van der Waals surface area contributed by atoms with Gasteiger partial charge in [0.2, 0.25) is 0 Å². The standard InChI is InChI=1S/C15H21NO3/c1-11(6-7-17)12-4-5-14(15(8-12)18-3)19-13-9-16(2)10-13/h4-5,7-8,11,13H,6,9-10H2,1-3H3. The van der Waals surface area contributed by atoms with E-state index >= 15 is 0 Å². The fourth-order valence-electron chi connectivity index (χ4n) is 2.26. The molecular formula is C15H21NO3. The molecule has 0 spiro atoms. The minimum atomic E-state index is 0.204. The number of likely N-dealkylation sites (tertiary alicyclic amines) is 1. The Labute approximate surface area is 114 Å². The highest BCUT2D eigenvalue weighted by Gasteiger charge is 2.26. The van der Waals surface area contributed by atoms with Gasteiger partial charge in [0.1, 0.15) is 12.4 Å². The van der Waals surface area contributed by atoms with E-state index in [0.717, 1.165) is 36.4 Å². The Morgan fingerprint density at radius 3 is 2.74 bits per heavy atom. The minimum Gasteiger partial charge on any atom is -0.493 e. The van der Waals surface area contributed by atoms with E-state index < -0.39 is 0 Å². The third kappa shape index (κ3) is 3.26. The first-order valence-electron chi connectivity index (χ1n) is 6.60. The van der Waals surface area contributed by atoms with E-state index in [1.165, 1.54) is 0 Å². The lowest BCUT2D eigenvalue weighted by Gasteiger charge is -2.36. The molecular weight excluding hydrogens is 242 g/mol. The van der Waals surface area contributed by atoms with Crippen LogP contribution in [0, 0.1) is 0 Å². The first-order chi connectivity index (χ1) is 9.13. The van der Waals surface area contributed by atoms with E-state index in [1.54, 1.807) is 7.11 Å². The van der Waals surface area contributed by atoms with Gasteiger partial charge in [-0.2, -0.15) is 0 Å². The molecule has 1 heterocycles. The van der Waals surface area contributed by atoms with E-state index in [-0.39, 0.29) is 12.0 Å². The zero-order valence-electron chi connectivity index (χ0n) is 11.8. The van der Waals surface area contributed by atoms with E-state index in [0.29, 0.717) is 6.42 Å². The van der Waals surface area contributed by atoms with Gasteiger partial charge in [-0.05, 0) is 30.7 Å². The average molecular weight is 263 g/mol. The van der Waals surface area contributed by atoms with Crippen LogP contribution in [-0.2, 0) is 4.79 Å². The van der Waals surface area contributed by atoms with Crippen LogP contribution >= 0.6 is 0 Å². The molecule has 104 valence electrons. The Balaban J connectivity index is 2.09. The van der Waals surface area contributed by atoms with Crippen molar-refractivity contribution < 1.29 is 14.3 Å². The summed E-state index contributed by atoms with van der Waals surface area (Å²) in [4.78, 5) is 12.8. The van der Waals surface area contributed by atoms with Crippen molar-refractivity contribution in [3.63, 3.8) is 0 Å². The number of aldehydes is 1. The summed E-state index contributed by atoms with van der Waals surface area (Å²) in [6.07, 6.45) is 1.72. The van der Waals surface area contributed by atoms with Gasteiger partial charge in [-0.25, -0.2) is 0 Å². The third-order valence-corrected chi connectivity index (χ3v) is 3.53. The number of methoxy groups -OCH3 is 1. The largest absolute Gasteiger partial charge is 0.493 e. The molecule has 1 aromatic rings. The maximum Gasteiger partial charge on any atom is 0.161 e. The lowest BCUT2D eigenvalue weighted by atomic mass is 9.98. The Bertz CT molecular complexity index is 441. The molecule has 0 amide bonds. The number of hydrogen-bond acceptors (Lipinski definition) is 4. The van der Waals surface area contributed by atoms with Crippen LogP contribution in [-0.4, -0.2) is 44.5 Å². The van der Waals surface area contributed by atoms with Crippen molar-refractivity contribution in [2.75, 3.05) is 27.2 Å². The summed E-state index contributed by atoms with van der Waals surface area (Å²) in [6.45, 7) is 3.93. The monoisotopic (exact) mass is 263 g/mol. The van der Waals surface area contributed by atoms with Crippen molar-refractivity contribution in [1.29, 1.82) is 0 Å². The van der Waals surface area contributed by atoms with Crippen LogP contribution in [0.25, 0.3) is 0 Å². The topological polar surface area (TPSA) is 38.8 Å². The molecule has 1 aliphatic heterocycles. The molecule has 0 saturated carbocycles. The molecule has 1 atom stereocenters. The van der Waals surface area contributed by atoms with Crippen LogP contribution in [0.3, 0.4) is 0 Å². The van der Waals surface area contributed by atoms with Gasteiger partial charge >= 0.3 is 0 Å². The molecule has 19 heavy (non-hydrogen) atoms. The number of hydrogen-bond donors (Lipinski definition) is 0. The van der Waals surface area contributed by atoms with Crippen LogP contribution in [0.4, 0.5) is 0 Å². The summed E-state index contributed by atoms with van der Waals surface area (Å²) in [5.41, 5.74) is 1.10. The van der Waals surface area contributed by atoms with Crippen molar-refractivity contribution in [3.8, 4) is 11.5 Å². The first kappa shape index (κ1) is 13.9. The number of rotatable bonds is 6. The van der Waals surface area contributed by atoms with Crippen molar-refractivity contribution in [2.45, 2.75) is 25.4 Å². The number of benzene rings is 1. The molecule has 1 fully saturated rings. The Morgan fingerprint density at radius 2 is 2.16 bits per heavy atom. The van der Waals surface area contributed by atoms with E-state index in [4.69, 9.17) is 9.47 Å². The highest BCUT2D eigenvalue weighted by atomic mass is 16.5. The Kier molecular flexibility index (Phi) is 4.43. The number of ether oxygens (including phenoxy) is 2. The van der Waals surface area contributed by atoms with Crippen LogP contribution < -0.4 is 9.47 Å². The van der Waals surface area contributed by atoms with Crippen LogP contribution in [0.15, 0.2) is 18.2 Å².